The lowest BCUT2D eigenvalue weighted by molar-refractivity contribution is -0.274. The van der Waals surface area contributed by atoms with Crippen LogP contribution in [0.3, 0.4) is 0 Å². The molecule has 1 rings (SSSR count). The summed E-state index contributed by atoms with van der Waals surface area (Å²) in [6, 6.07) is 4.45. The number of ether oxygens (including phenoxy) is 1. The van der Waals surface area contributed by atoms with Crippen LogP contribution in [0.1, 0.15) is 6.92 Å². The van der Waals surface area contributed by atoms with Gasteiger partial charge in [-0.25, -0.2) is 0 Å². The summed E-state index contributed by atoms with van der Waals surface area (Å²) in [6.45, 7) is 1.08. The lowest BCUT2D eigenvalue weighted by atomic mass is 10.3. The van der Waals surface area contributed by atoms with Gasteiger partial charge in [0.15, 0.2) is 0 Å². The average molecular weight is 247 g/mol. The largest absolute Gasteiger partial charge is 0.573 e. The van der Waals surface area contributed by atoms with Gasteiger partial charge in [-0.2, -0.15) is 0 Å². The van der Waals surface area contributed by atoms with Crippen LogP contribution in [0.15, 0.2) is 24.3 Å². The molecule has 4 nitrogen and oxygen atoms in total. The van der Waals surface area contributed by atoms with E-state index in [2.05, 4.69) is 10.1 Å². The Morgan fingerprint density at radius 3 is 2.12 bits per heavy atom. The average Bonchev–Trinajstić information content (AvgIpc) is 2.18. The first-order valence-corrected chi connectivity index (χ1v) is 4.45. The van der Waals surface area contributed by atoms with E-state index in [1.165, 1.54) is 12.1 Å². The third kappa shape index (κ3) is 4.54. The molecule has 92 valence electrons. The SMILES string of the molecule is CC(=O)C(=O)Nc1ccc(OC(F)(F)F)cc1. The first kappa shape index (κ1) is 13.0. The van der Waals surface area contributed by atoms with Crippen LogP contribution < -0.4 is 10.1 Å². The Morgan fingerprint density at radius 2 is 1.71 bits per heavy atom. The molecule has 0 aliphatic heterocycles. The minimum absolute atomic E-state index is 0.208. The lowest BCUT2D eigenvalue weighted by Crippen LogP contribution is -2.20. The highest BCUT2D eigenvalue weighted by atomic mass is 19.4. The van der Waals surface area contributed by atoms with Crippen LogP contribution in [-0.2, 0) is 9.59 Å². The topological polar surface area (TPSA) is 55.4 Å². The minimum atomic E-state index is -4.76. The number of carbonyl (C=O) groups is 2. The number of amides is 1. The molecular formula is C10H8F3NO3. The number of benzene rings is 1. The summed E-state index contributed by atoms with van der Waals surface area (Å²) in [5.41, 5.74) is 0.208. The van der Waals surface area contributed by atoms with Crippen molar-refractivity contribution in [1.29, 1.82) is 0 Å². The van der Waals surface area contributed by atoms with Gasteiger partial charge in [0.1, 0.15) is 5.75 Å². The quantitative estimate of drug-likeness (QED) is 0.832. The molecule has 0 heterocycles. The van der Waals surface area contributed by atoms with Crippen LogP contribution in [0.5, 0.6) is 5.75 Å². The minimum Gasteiger partial charge on any atom is -0.406 e. The van der Waals surface area contributed by atoms with E-state index >= 15 is 0 Å². The van der Waals surface area contributed by atoms with E-state index in [-0.39, 0.29) is 5.69 Å². The second-order valence-electron chi connectivity index (χ2n) is 3.08. The van der Waals surface area contributed by atoms with Crippen LogP contribution in [0.25, 0.3) is 0 Å². The number of anilines is 1. The smallest absolute Gasteiger partial charge is 0.406 e. The summed E-state index contributed by atoms with van der Waals surface area (Å²) in [6.07, 6.45) is -4.76. The standard InChI is InChI=1S/C10H8F3NO3/c1-6(15)9(16)14-7-2-4-8(5-3-7)17-10(11,12)13/h2-5H,1H3,(H,14,16). The molecule has 0 aliphatic rings. The van der Waals surface area contributed by atoms with Crippen molar-refractivity contribution in [1.82, 2.24) is 0 Å². The third-order valence-corrected chi connectivity index (χ3v) is 1.67. The van der Waals surface area contributed by atoms with Crippen LogP contribution in [0.4, 0.5) is 18.9 Å². The summed E-state index contributed by atoms with van der Waals surface area (Å²) in [4.78, 5) is 21.6. The molecule has 1 aromatic carbocycles. The molecule has 0 fully saturated rings. The van der Waals surface area contributed by atoms with Gasteiger partial charge in [-0.05, 0) is 24.3 Å². The molecule has 1 aromatic rings. The molecule has 17 heavy (non-hydrogen) atoms. The molecule has 7 heteroatoms. The lowest BCUT2D eigenvalue weighted by Gasteiger charge is -2.09. The van der Waals surface area contributed by atoms with Gasteiger partial charge in [0.25, 0.3) is 5.91 Å². The Balaban J connectivity index is 2.68. The number of hydrogen-bond donors (Lipinski definition) is 1. The van der Waals surface area contributed by atoms with Crippen molar-refractivity contribution >= 4 is 17.4 Å². The molecule has 0 aromatic heterocycles. The molecule has 1 amide bonds. The summed E-state index contributed by atoms with van der Waals surface area (Å²) in [7, 11) is 0. The highest BCUT2D eigenvalue weighted by molar-refractivity contribution is 6.39. The maximum absolute atomic E-state index is 11.8. The molecule has 0 unspecified atom stereocenters. The van der Waals surface area contributed by atoms with Crippen LogP contribution in [0, 0.1) is 0 Å². The van der Waals surface area contributed by atoms with Gasteiger partial charge < -0.3 is 10.1 Å². The fraction of sp³-hybridized carbons (Fsp3) is 0.200. The number of Topliss-reactive ketones (excluding diaryl/α,β-unsaturated/α-hetero) is 1. The molecule has 0 saturated carbocycles. The zero-order valence-electron chi connectivity index (χ0n) is 8.67. The van der Waals surface area contributed by atoms with E-state index in [0.717, 1.165) is 19.1 Å². The highest BCUT2D eigenvalue weighted by Crippen LogP contribution is 2.23. The normalized spacial score (nSPS) is 10.8. The number of alkyl halides is 3. The van der Waals surface area contributed by atoms with Crippen molar-refractivity contribution in [2.24, 2.45) is 0 Å². The van der Waals surface area contributed by atoms with Gasteiger partial charge in [-0.1, -0.05) is 0 Å². The van der Waals surface area contributed by atoms with Gasteiger partial charge in [-0.15, -0.1) is 13.2 Å². The second-order valence-corrected chi connectivity index (χ2v) is 3.08. The monoisotopic (exact) mass is 247 g/mol. The Morgan fingerprint density at radius 1 is 1.18 bits per heavy atom. The molecule has 0 aliphatic carbocycles. The van der Waals surface area contributed by atoms with Crippen LogP contribution in [0.2, 0.25) is 0 Å². The molecule has 0 radical (unpaired) electrons. The zero-order valence-corrected chi connectivity index (χ0v) is 8.67. The number of hydrogen-bond acceptors (Lipinski definition) is 3. The number of nitrogens with one attached hydrogen (secondary N) is 1. The number of halogens is 3. The van der Waals surface area contributed by atoms with Crippen molar-refractivity contribution in [2.75, 3.05) is 5.32 Å². The van der Waals surface area contributed by atoms with Crippen LogP contribution in [-0.4, -0.2) is 18.1 Å². The summed E-state index contributed by atoms with van der Waals surface area (Å²) in [5.74, 6) is -1.94. The molecule has 0 saturated heterocycles. The zero-order chi connectivity index (χ0) is 13.1. The summed E-state index contributed by atoms with van der Waals surface area (Å²) in [5, 5.41) is 2.21. The maximum Gasteiger partial charge on any atom is 0.573 e. The number of carbonyl (C=O) groups excluding carboxylic acids is 2. The first-order chi connectivity index (χ1) is 7.78. The Bertz CT molecular complexity index is 425. The van der Waals surface area contributed by atoms with Crippen LogP contribution >= 0.6 is 0 Å². The number of rotatable bonds is 3. The van der Waals surface area contributed by atoms with Gasteiger partial charge in [0.2, 0.25) is 5.78 Å². The third-order valence-electron chi connectivity index (χ3n) is 1.67. The second kappa shape index (κ2) is 4.86. The fourth-order valence-electron chi connectivity index (χ4n) is 0.959. The van der Waals surface area contributed by atoms with E-state index in [1.54, 1.807) is 0 Å². The molecule has 0 atom stereocenters. The highest BCUT2D eigenvalue weighted by Gasteiger charge is 2.30. The van der Waals surface area contributed by atoms with Gasteiger partial charge in [0, 0.05) is 12.6 Å². The maximum atomic E-state index is 11.8. The van der Waals surface area contributed by atoms with Gasteiger partial charge in [0.05, 0.1) is 0 Å². The first-order valence-electron chi connectivity index (χ1n) is 4.45. The fourth-order valence-corrected chi connectivity index (χ4v) is 0.959. The predicted molar refractivity (Wildman–Crippen MR) is 52.4 cm³/mol. The van der Waals surface area contributed by atoms with E-state index in [9.17, 15) is 22.8 Å². The van der Waals surface area contributed by atoms with Crippen molar-refractivity contribution in [3.05, 3.63) is 24.3 Å². The number of ketones is 1. The van der Waals surface area contributed by atoms with Crippen molar-refractivity contribution in [3.8, 4) is 5.75 Å². The van der Waals surface area contributed by atoms with Gasteiger partial charge in [-0.3, -0.25) is 9.59 Å². The Hall–Kier alpha value is -2.05. The van der Waals surface area contributed by atoms with E-state index in [0.29, 0.717) is 0 Å². The van der Waals surface area contributed by atoms with Crippen molar-refractivity contribution in [3.63, 3.8) is 0 Å². The molecule has 0 spiro atoms. The Kier molecular flexibility index (Phi) is 3.72. The van der Waals surface area contributed by atoms with E-state index < -0.39 is 23.8 Å². The summed E-state index contributed by atoms with van der Waals surface area (Å²) < 4.78 is 39.1. The van der Waals surface area contributed by atoms with Crippen molar-refractivity contribution in [2.45, 2.75) is 13.3 Å². The molecule has 0 bridgehead atoms. The van der Waals surface area contributed by atoms with E-state index in [1.807, 2.05) is 0 Å². The molecule has 1 N–H and O–H groups in total. The van der Waals surface area contributed by atoms with Crippen molar-refractivity contribution < 1.29 is 27.5 Å². The van der Waals surface area contributed by atoms with Gasteiger partial charge >= 0.3 is 6.36 Å². The molecular weight excluding hydrogens is 239 g/mol. The predicted octanol–water partition coefficient (Wildman–Crippen LogP) is 2.11. The Labute approximate surface area is 94.4 Å². The van der Waals surface area contributed by atoms with E-state index in [4.69, 9.17) is 0 Å². The summed E-state index contributed by atoms with van der Waals surface area (Å²) >= 11 is 0.